The minimum Gasteiger partial charge on any atom is -0.493 e. The summed E-state index contributed by atoms with van der Waals surface area (Å²) >= 11 is 0. The Morgan fingerprint density at radius 3 is 2.62 bits per heavy atom. The molecule has 0 bridgehead atoms. The molecule has 0 aliphatic rings. The summed E-state index contributed by atoms with van der Waals surface area (Å²) in [4.78, 5) is 14.7. The molecule has 32 heavy (non-hydrogen) atoms. The number of hydrogen-bond donors (Lipinski definition) is 4. The van der Waals surface area contributed by atoms with E-state index >= 15 is 0 Å². The summed E-state index contributed by atoms with van der Waals surface area (Å²) in [5, 5.41) is 26.3. The molecule has 2 aromatic heterocycles. The minimum absolute atomic E-state index is 0.0569. The number of primary sulfonamides is 1. The predicted octanol–water partition coefficient (Wildman–Crippen LogP) is 3.82. The Labute approximate surface area is 181 Å². The lowest BCUT2D eigenvalue weighted by atomic mass is 10.2. The highest BCUT2D eigenvalue weighted by molar-refractivity contribution is 7.89. The normalized spacial score (nSPS) is 11.8. The fourth-order valence-corrected chi connectivity index (χ4v) is 3.35. The number of carbonyl (C=O) groups is 1. The first-order valence-corrected chi connectivity index (χ1v) is 10.7. The first kappa shape index (κ1) is 21.1. The third-order valence-electron chi connectivity index (χ3n) is 4.35. The summed E-state index contributed by atoms with van der Waals surface area (Å²) in [6.07, 6.45) is 0.817. The minimum atomic E-state index is -3.81. The highest BCUT2D eigenvalue weighted by atomic mass is 32.2. The highest BCUT2D eigenvalue weighted by Gasteiger charge is 2.14. The molecule has 0 aliphatic heterocycles. The topological polar surface area (TPSA) is 172 Å². The van der Waals surface area contributed by atoms with Gasteiger partial charge in [-0.3, -0.25) is 0 Å². The van der Waals surface area contributed by atoms with Crippen molar-refractivity contribution in [3.63, 3.8) is 0 Å². The molecular weight excluding hydrogens is 438 g/mol. The Hall–Kier alpha value is -4.16. The summed E-state index contributed by atoms with van der Waals surface area (Å²) in [5.41, 5.74) is 1.01. The lowest BCUT2D eigenvalue weighted by molar-refractivity contribution is 0.199. The number of sulfonamides is 1. The van der Waals surface area contributed by atoms with E-state index in [2.05, 4.69) is 20.5 Å². The third kappa shape index (κ3) is 4.77. The van der Waals surface area contributed by atoms with Crippen molar-refractivity contribution in [3.8, 4) is 11.6 Å². The van der Waals surface area contributed by atoms with Crippen LogP contribution in [0, 0.1) is 0 Å². The van der Waals surface area contributed by atoms with E-state index in [4.69, 9.17) is 14.3 Å². The number of benzene rings is 2. The lowest BCUT2D eigenvalue weighted by Gasteiger charge is -2.05. The number of rotatable bonds is 6. The van der Waals surface area contributed by atoms with Crippen molar-refractivity contribution in [1.82, 2.24) is 10.3 Å². The van der Waals surface area contributed by atoms with E-state index in [1.807, 2.05) is 0 Å². The molecule has 2 heterocycles. The number of nitrogens with zero attached hydrogens (tertiary/aromatic N) is 2. The van der Waals surface area contributed by atoms with Crippen LogP contribution in [0.4, 0.5) is 16.2 Å². The largest absolute Gasteiger partial charge is 0.493 e. The Morgan fingerprint density at radius 1 is 1.16 bits per heavy atom. The van der Waals surface area contributed by atoms with Crippen LogP contribution in [0.5, 0.6) is 11.6 Å². The smallest absolute Gasteiger partial charge is 0.412 e. The van der Waals surface area contributed by atoms with Crippen LogP contribution in [-0.2, 0) is 16.6 Å². The molecule has 5 N–H and O–H groups in total. The van der Waals surface area contributed by atoms with Gasteiger partial charge in [0.1, 0.15) is 11.5 Å². The van der Waals surface area contributed by atoms with Crippen LogP contribution in [-0.4, -0.2) is 24.6 Å². The zero-order valence-corrected chi connectivity index (χ0v) is 17.2. The fourth-order valence-electron chi connectivity index (χ4n) is 2.83. The number of H-pyrrole nitrogens is 1. The predicted molar refractivity (Wildman–Crippen MR) is 114 cm³/mol. The number of carbonyl (C=O) groups excluding carboxylic acids is 1. The molecular formula is C20H17N5O6S. The van der Waals surface area contributed by atoms with Crippen molar-refractivity contribution >= 4 is 38.4 Å². The maximum atomic E-state index is 12.0. The molecule has 0 unspecified atom stereocenters. The van der Waals surface area contributed by atoms with Crippen molar-refractivity contribution < 1.29 is 27.5 Å². The van der Waals surface area contributed by atoms with Crippen molar-refractivity contribution in [2.75, 3.05) is 0 Å². The molecule has 0 saturated carbocycles. The van der Waals surface area contributed by atoms with Crippen molar-refractivity contribution in [1.29, 1.82) is 0 Å². The monoisotopic (exact) mass is 455 g/mol. The molecule has 0 atom stereocenters. The zero-order chi connectivity index (χ0) is 22.7. The summed E-state index contributed by atoms with van der Waals surface area (Å²) in [5.74, 6) is 0.569. The van der Waals surface area contributed by atoms with Gasteiger partial charge in [-0.15, -0.1) is 5.11 Å². The molecule has 164 valence electrons. The van der Waals surface area contributed by atoms with Gasteiger partial charge in [-0.05, 0) is 54.6 Å². The lowest BCUT2D eigenvalue weighted by Crippen LogP contribution is -2.26. The average Bonchev–Trinajstić information content (AvgIpc) is 3.37. The summed E-state index contributed by atoms with van der Waals surface area (Å²) in [6, 6.07) is 13.6. The molecule has 0 fully saturated rings. The van der Waals surface area contributed by atoms with Crippen LogP contribution >= 0.6 is 0 Å². The van der Waals surface area contributed by atoms with E-state index in [1.54, 1.807) is 24.3 Å². The fraction of sp³-hybridized carbons (Fsp3) is 0.0500. The second-order valence-electron chi connectivity index (χ2n) is 6.59. The molecule has 0 radical (unpaired) electrons. The van der Waals surface area contributed by atoms with Gasteiger partial charge < -0.3 is 24.6 Å². The number of furan rings is 1. The zero-order valence-electron chi connectivity index (χ0n) is 16.3. The van der Waals surface area contributed by atoms with Crippen LogP contribution < -0.4 is 15.2 Å². The Bertz CT molecular complexity index is 1390. The Balaban J connectivity index is 1.52. The first-order chi connectivity index (χ1) is 15.3. The van der Waals surface area contributed by atoms with Gasteiger partial charge in [0.05, 0.1) is 28.9 Å². The van der Waals surface area contributed by atoms with Crippen LogP contribution in [0.15, 0.2) is 80.4 Å². The van der Waals surface area contributed by atoms with Crippen molar-refractivity contribution in [2.24, 2.45) is 15.4 Å². The van der Waals surface area contributed by atoms with Crippen molar-refractivity contribution in [3.05, 3.63) is 66.6 Å². The van der Waals surface area contributed by atoms with Crippen LogP contribution in [0.25, 0.3) is 10.9 Å². The maximum absolute atomic E-state index is 12.0. The molecule has 0 aliphatic carbocycles. The molecule has 2 aromatic carbocycles. The number of ether oxygens (including phenoxy) is 1. The Kier molecular flexibility index (Phi) is 5.62. The van der Waals surface area contributed by atoms with Gasteiger partial charge in [-0.2, -0.15) is 5.11 Å². The van der Waals surface area contributed by atoms with E-state index in [-0.39, 0.29) is 28.8 Å². The molecule has 0 spiro atoms. The quantitative estimate of drug-likeness (QED) is 0.322. The van der Waals surface area contributed by atoms with E-state index in [0.29, 0.717) is 22.4 Å². The number of hydrogen-bond acceptors (Lipinski definition) is 8. The van der Waals surface area contributed by atoms with E-state index in [1.165, 1.54) is 36.6 Å². The van der Waals surface area contributed by atoms with Gasteiger partial charge in [-0.25, -0.2) is 18.4 Å². The maximum Gasteiger partial charge on any atom is 0.412 e. The number of aromatic nitrogens is 1. The molecule has 4 aromatic rings. The Morgan fingerprint density at radius 2 is 1.94 bits per heavy atom. The number of aromatic hydroxyl groups is 1. The average molecular weight is 455 g/mol. The van der Waals surface area contributed by atoms with E-state index in [0.717, 1.165) is 0 Å². The number of amides is 1. The third-order valence-corrected chi connectivity index (χ3v) is 5.28. The van der Waals surface area contributed by atoms with E-state index in [9.17, 15) is 18.3 Å². The second-order valence-corrected chi connectivity index (χ2v) is 8.15. The SMILES string of the molecule is NS(=O)(=O)c1ccc(N=Nc2c(O)[nH]c3ccc(OC(=O)NCc4ccco4)cc23)cc1. The molecule has 4 rings (SSSR count). The highest BCUT2D eigenvalue weighted by Crippen LogP contribution is 2.38. The van der Waals surface area contributed by atoms with Gasteiger partial charge in [0, 0.05) is 5.39 Å². The summed E-state index contributed by atoms with van der Waals surface area (Å²) in [7, 11) is -3.81. The number of azo groups is 1. The van der Waals surface area contributed by atoms with Crippen LogP contribution in [0.1, 0.15) is 5.76 Å². The standard InChI is InChI=1S/C20H17N5O6S/c21-32(28,29)15-6-3-12(4-7-15)24-25-18-16-10-13(5-8-17(16)23-19(18)26)31-20(27)22-11-14-2-1-9-30-14/h1-10,23,26H,11H2,(H,22,27)(H2,21,28,29). The van der Waals surface area contributed by atoms with E-state index < -0.39 is 16.1 Å². The van der Waals surface area contributed by atoms with Crippen LogP contribution in [0.2, 0.25) is 0 Å². The van der Waals surface area contributed by atoms with Gasteiger partial charge in [0.2, 0.25) is 15.9 Å². The van der Waals surface area contributed by atoms with Gasteiger partial charge >= 0.3 is 6.09 Å². The molecule has 11 nitrogen and oxygen atoms in total. The number of nitrogens with one attached hydrogen (secondary N) is 2. The second kappa shape index (κ2) is 8.53. The number of fused-ring (bicyclic) bond motifs is 1. The van der Waals surface area contributed by atoms with Crippen molar-refractivity contribution in [2.45, 2.75) is 11.4 Å². The first-order valence-electron chi connectivity index (χ1n) is 9.17. The number of nitrogens with two attached hydrogens (primary N) is 1. The van der Waals surface area contributed by atoms with Crippen LogP contribution in [0.3, 0.4) is 0 Å². The number of aromatic amines is 1. The molecule has 1 amide bonds. The van der Waals surface area contributed by atoms with Gasteiger partial charge in [0.25, 0.3) is 0 Å². The summed E-state index contributed by atoms with van der Waals surface area (Å²) in [6.45, 7) is 0.169. The summed E-state index contributed by atoms with van der Waals surface area (Å²) < 4.78 is 33.1. The molecule has 0 saturated heterocycles. The van der Waals surface area contributed by atoms with Gasteiger partial charge in [0.15, 0.2) is 5.69 Å². The molecule has 12 heteroatoms. The van der Waals surface area contributed by atoms with Gasteiger partial charge in [-0.1, -0.05) is 0 Å².